The number of hydrogen-bond acceptors (Lipinski definition) is 4. The number of phenols is 1. The zero-order chi connectivity index (χ0) is 20.4. The maximum absolute atomic E-state index is 14.1. The van der Waals surface area contributed by atoms with E-state index in [0.717, 1.165) is 51.1 Å². The standard InChI is InChI=1S/C23H28FN3O2/c1-17-8-9-18(15-22(17)28)23(29)27-10-4-5-19(16-27)25-11-13-26(14-12-25)21-7-3-2-6-20(21)24/h2-3,6-9,15,19,28H,4-5,10-14,16H2,1H3/t19-/m0/s1. The molecule has 0 aliphatic carbocycles. The van der Waals surface area contributed by atoms with Crippen molar-refractivity contribution in [3.63, 3.8) is 0 Å². The number of likely N-dealkylation sites (tertiary alicyclic amines) is 1. The van der Waals surface area contributed by atoms with E-state index < -0.39 is 0 Å². The molecule has 1 atom stereocenters. The molecule has 0 unspecified atom stereocenters. The summed E-state index contributed by atoms with van der Waals surface area (Å²) in [7, 11) is 0. The fourth-order valence-electron chi connectivity index (χ4n) is 4.40. The molecular formula is C23H28FN3O2. The third kappa shape index (κ3) is 4.22. The number of piperazine rings is 1. The number of aryl methyl sites for hydroxylation is 1. The van der Waals surface area contributed by atoms with E-state index in [4.69, 9.17) is 0 Å². The Bertz CT molecular complexity index is 880. The van der Waals surface area contributed by atoms with Crippen LogP contribution in [0.4, 0.5) is 10.1 Å². The molecule has 6 heteroatoms. The molecule has 2 aliphatic rings. The first-order chi connectivity index (χ1) is 14.0. The molecule has 0 radical (unpaired) electrons. The predicted octanol–water partition coefficient (Wildman–Crippen LogP) is 3.27. The SMILES string of the molecule is Cc1ccc(C(=O)N2CCC[C@H](N3CCN(c4ccccc4F)CC3)C2)cc1O. The van der Waals surface area contributed by atoms with Gasteiger partial charge in [-0.25, -0.2) is 4.39 Å². The molecule has 2 aromatic rings. The number of anilines is 1. The van der Waals surface area contributed by atoms with Gasteiger partial charge in [-0.2, -0.15) is 0 Å². The van der Waals surface area contributed by atoms with Gasteiger partial charge in [0, 0.05) is 50.9 Å². The number of rotatable bonds is 3. The molecule has 2 aromatic carbocycles. The molecule has 0 saturated carbocycles. The van der Waals surface area contributed by atoms with E-state index >= 15 is 0 Å². The summed E-state index contributed by atoms with van der Waals surface area (Å²) >= 11 is 0. The molecular weight excluding hydrogens is 369 g/mol. The van der Waals surface area contributed by atoms with Crippen molar-refractivity contribution in [2.45, 2.75) is 25.8 Å². The summed E-state index contributed by atoms with van der Waals surface area (Å²) in [6.45, 7) is 6.58. The fourth-order valence-corrected chi connectivity index (χ4v) is 4.40. The Morgan fingerprint density at radius 2 is 1.83 bits per heavy atom. The highest BCUT2D eigenvalue weighted by Crippen LogP contribution is 2.24. The van der Waals surface area contributed by atoms with Gasteiger partial charge in [0.25, 0.3) is 5.91 Å². The van der Waals surface area contributed by atoms with Crippen LogP contribution in [0, 0.1) is 12.7 Å². The second kappa shape index (κ2) is 8.41. The van der Waals surface area contributed by atoms with Crippen LogP contribution in [0.5, 0.6) is 5.75 Å². The molecule has 29 heavy (non-hydrogen) atoms. The highest BCUT2D eigenvalue weighted by molar-refractivity contribution is 5.94. The quantitative estimate of drug-likeness (QED) is 0.864. The number of aromatic hydroxyl groups is 1. The molecule has 2 saturated heterocycles. The molecule has 4 rings (SSSR count). The van der Waals surface area contributed by atoms with Gasteiger partial charge in [-0.05, 0) is 49.6 Å². The maximum atomic E-state index is 14.1. The van der Waals surface area contributed by atoms with Gasteiger partial charge < -0.3 is 14.9 Å². The lowest BCUT2D eigenvalue weighted by atomic mass is 10.0. The van der Waals surface area contributed by atoms with Crippen molar-refractivity contribution in [2.75, 3.05) is 44.2 Å². The third-order valence-corrected chi connectivity index (χ3v) is 6.16. The average molecular weight is 397 g/mol. The van der Waals surface area contributed by atoms with Gasteiger partial charge >= 0.3 is 0 Å². The summed E-state index contributed by atoms with van der Waals surface area (Å²) in [4.78, 5) is 19.4. The third-order valence-electron chi connectivity index (χ3n) is 6.16. The summed E-state index contributed by atoms with van der Waals surface area (Å²) < 4.78 is 14.1. The van der Waals surface area contributed by atoms with Crippen molar-refractivity contribution in [2.24, 2.45) is 0 Å². The lowest BCUT2D eigenvalue weighted by Gasteiger charge is -2.44. The summed E-state index contributed by atoms with van der Waals surface area (Å²) in [5.41, 5.74) is 1.98. The molecule has 2 fully saturated rings. The Hall–Kier alpha value is -2.60. The molecule has 5 nitrogen and oxygen atoms in total. The Morgan fingerprint density at radius 3 is 2.55 bits per heavy atom. The van der Waals surface area contributed by atoms with Crippen LogP contribution in [0.1, 0.15) is 28.8 Å². The van der Waals surface area contributed by atoms with Crippen LogP contribution in [0.25, 0.3) is 0 Å². The van der Waals surface area contributed by atoms with Gasteiger partial charge in [0.15, 0.2) is 0 Å². The van der Waals surface area contributed by atoms with Crippen molar-refractivity contribution in [1.29, 1.82) is 0 Å². The van der Waals surface area contributed by atoms with Crippen molar-refractivity contribution in [3.05, 3.63) is 59.4 Å². The monoisotopic (exact) mass is 397 g/mol. The van der Waals surface area contributed by atoms with E-state index in [1.54, 1.807) is 24.3 Å². The van der Waals surface area contributed by atoms with Crippen molar-refractivity contribution in [1.82, 2.24) is 9.80 Å². The van der Waals surface area contributed by atoms with Gasteiger partial charge in [0.2, 0.25) is 0 Å². The number of halogens is 1. The van der Waals surface area contributed by atoms with E-state index in [2.05, 4.69) is 9.80 Å². The van der Waals surface area contributed by atoms with Crippen LogP contribution in [-0.2, 0) is 0 Å². The first kappa shape index (κ1) is 19.7. The number of hydrogen-bond donors (Lipinski definition) is 1. The van der Waals surface area contributed by atoms with Crippen molar-refractivity contribution < 1.29 is 14.3 Å². The van der Waals surface area contributed by atoms with Gasteiger partial charge in [-0.1, -0.05) is 18.2 Å². The van der Waals surface area contributed by atoms with Crippen LogP contribution in [0.2, 0.25) is 0 Å². The largest absolute Gasteiger partial charge is 0.508 e. The first-order valence-corrected chi connectivity index (χ1v) is 10.4. The van der Waals surface area contributed by atoms with Crippen LogP contribution in [0.3, 0.4) is 0 Å². The number of amides is 1. The molecule has 2 aliphatic heterocycles. The number of carbonyl (C=O) groups is 1. The summed E-state index contributed by atoms with van der Waals surface area (Å²) in [6, 6.07) is 12.4. The van der Waals surface area contributed by atoms with Crippen LogP contribution < -0.4 is 4.90 Å². The number of nitrogens with zero attached hydrogens (tertiary/aromatic N) is 3. The van der Waals surface area contributed by atoms with E-state index in [1.165, 1.54) is 6.07 Å². The summed E-state index contributed by atoms with van der Waals surface area (Å²) in [6.07, 6.45) is 2.05. The Morgan fingerprint density at radius 1 is 1.07 bits per heavy atom. The zero-order valence-corrected chi connectivity index (χ0v) is 16.9. The highest BCUT2D eigenvalue weighted by Gasteiger charge is 2.31. The Labute approximate surface area is 171 Å². The van der Waals surface area contributed by atoms with Crippen LogP contribution in [-0.4, -0.2) is 66.1 Å². The predicted molar refractivity (Wildman–Crippen MR) is 112 cm³/mol. The lowest BCUT2D eigenvalue weighted by Crippen LogP contribution is -2.56. The fraction of sp³-hybridized carbons (Fsp3) is 0.435. The van der Waals surface area contributed by atoms with Gasteiger partial charge in [0.05, 0.1) is 5.69 Å². The second-order valence-corrected chi connectivity index (χ2v) is 8.02. The Balaban J connectivity index is 1.37. The molecule has 2 heterocycles. The summed E-state index contributed by atoms with van der Waals surface area (Å²) in [5, 5.41) is 9.93. The number of carbonyl (C=O) groups excluding carboxylic acids is 1. The molecule has 0 spiro atoms. The molecule has 0 aromatic heterocycles. The topological polar surface area (TPSA) is 47.0 Å². The van der Waals surface area contributed by atoms with Gasteiger partial charge in [-0.15, -0.1) is 0 Å². The second-order valence-electron chi connectivity index (χ2n) is 8.02. The smallest absolute Gasteiger partial charge is 0.254 e. The Kier molecular flexibility index (Phi) is 5.72. The van der Waals surface area contributed by atoms with Crippen LogP contribution in [0.15, 0.2) is 42.5 Å². The zero-order valence-electron chi connectivity index (χ0n) is 16.9. The lowest BCUT2D eigenvalue weighted by molar-refractivity contribution is 0.0563. The van der Waals surface area contributed by atoms with E-state index in [0.29, 0.717) is 23.8 Å². The minimum Gasteiger partial charge on any atom is -0.508 e. The molecule has 0 bridgehead atoms. The minimum atomic E-state index is -0.170. The average Bonchev–Trinajstić information content (AvgIpc) is 2.76. The number of benzene rings is 2. The first-order valence-electron chi connectivity index (χ1n) is 10.4. The number of para-hydroxylation sites is 1. The van der Waals surface area contributed by atoms with Gasteiger partial charge in [0.1, 0.15) is 11.6 Å². The summed E-state index contributed by atoms with van der Waals surface area (Å²) in [5.74, 6) is -0.0274. The molecule has 1 N–H and O–H groups in total. The van der Waals surface area contributed by atoms with Crippen molar-refractivity contribution in [3.8, 4) is 5.75 Å². The molecule has 154 valence electrons. The van der Waals surface area contributed by atoms with Crippen molar-refractivity contribution >= 4 is 11.6 Å². The maximum Gasteiger partial charge on any atom is 0.254 e. The van der Waals surface area contributed by atoms with Gasteiger partial charge in [-0.3, -0.25) is 9.69 Å². The van der Waals surface area contributed by atoms with E-state index in [1.807, 2.05) is 24.0 Å². The highest BCUT2D eigenvalue weighted by atomic mass is 19.1. The van der Waals surface area contributed by atoms with Crippen LogP contribution >= 0.6 is 0 Å². The van der Waals surface area contributed by atoms with E-state index in [9.17, 15) is 14.3 Å². The van der Waals surface area contributed by atoms with E-state index in [-0.39, 0.29) is 17.5 Å². The minimum absolute atomic E-state index is 0.0185. The number of piperidine rings is 1. The normalized spacial score (nSPS) is 20.7. The molecule has 1 amide bonds. The number of phenolic OH excluding ortho intramolecular Hbond substituents is 1.